The maximum absolute atomic E-state index is 5.91. The van der Waals surface area contributed by atoms with E-state index in [9.17, 15) is 0 Å². The van der Waals surface area contributed by atoms with Crippen LogP contribution in [0.4, 0.5) is 5.95 Å². The number of pyridine rings is 1. The van der Waals surface area contributed by atoms with Crippen LogP contribution in [0.1, 0.15) is 17.6 Å². The first-order valence-corrected chi connectivity index (χ1v) is 9.15. The number of nitrogens with one attached hydrogen (secondary N) is 1. The lowest BCUT2D eigenvalue weighted by Crippen LogP contribution is -2.41. The van der Waals surface area contributed by atoms with E-state index in [-0.39, 0.29) is 6.04 Å². The van der Waals surface area contributed by atoms with Crippen LogP contribution in [0.15, 0.2) is 53.3 Å². The van der Waals surface area contributed by atoms with Crippen LogP contribution in [-0.2, 0) is 4.74 Å². The first-order valence-electron chi connectivity index (χ1n) is 9.15. The normalized spacial score (nSPS) is 16.2. The highest BCUT2D eigenvalue weighted by Crippen LogP contribution is 2.24. The molecule has 7 nitrogen and oxygen atoms in total. The van der Waals surface area contributed by atoms with Gasteiger partial charge in [0.15, 0.2) is 0 Å². The van der Waals surface area contributed by atoms with Gasteiger partial charge < -0.3 is 14.5 Å². The largest absolute Gasteiger partial charge is 0.465 e. The summed E-state index contributed by atoms with van der Waals surface area (Å²) in [7, 11) is 0. The van der Waals surface area contributed by atoms with Crippen LogP contribution in [0.2, 0.25) is 0 Å². The van der Waals surface area contributed by atoms with Crippen LogP contribution in [0, 0.1) is 6.92 Å². The maximum atomic E-state index is 5.91. The molecule has 0 radical (unpaired) electrons. The molecule has 0 amide bonds. The minimum absolute atomic E-state index is 0.105. The van der Waals surface area contributed by atoms with Gasteiger partial charge in [-0.25, -0.2) is 9.97 Å². The van der Waals surface area contributed by atoms with Crippen molar-refractivity contribution in [2.24, 2.45) is 0 Å². The highest BCUT2D eigenvalue weighted by atomic mass is 16.5. The molecule has 1 fully saturated rings. The molecule has 0 unspecified atom stereocenters. The van der Waals surface area contributed by atoms with Gasteiger partial charge in [0.05, 0.1) is 24.9 Å². The fraction of sp³-hybridized carbons (Fsp3) is 0.350. The molecule has 4 rings (SSSR count). The molecule has 0 saturated carbocycles. The summed E-state index contributed by atoms with van der Waals surface area (Å²) in [5.41, 5.74) is 1.81. The van der Waals surface area contributed by atoms with Gasteiger partial charge in [-0.05, 0) is 37.3 Å². The second-order valence-electron chi connectivity index (χ2n) is 6.50. The van der Waals surface area contributed by atoms with Gasteiger partial charge in [-0.3, -0.25) is 9.88 Å². The lowest BCUT2D eigenvalue weighted by Gasteiger charge is -2.33. The number of rotatable bonds is 6. The van der Waals surface area contributed by atoms with Crippen molar-refractivity contribution in [3.8, 4) is 11.3 Å². The van der Waals surface area contributed by atoms with Crippen LogP contribution in [0.25, 0.3) is 11.3 Å². The second kappa shape index (κ2) is 8.28. The highest BCUT2D eigenvalue weighted by molar-refractivity contribution is 5.58. The van der Waals surface area contributed by atoms with Crippen molar-refractivity contribution in [1.29, 1.82) is 0 Å². The van der Waals surface area contributed by atoms with Crippen molar-refractivity contribution < 1.29 is 9.15 Å². The summed E-state index contributed by atoms with van der Waals surface area (Å²) < 4.78 is 11.4. The quantitative estimate of drug-likeness (QED) is 0.720. The van der Waals surface area contributed by atoms with Crippen molar-refractivity contribution in [3.63, 3.8) is 0 Å². The summed E-state index contributed by atoms with van der Waals surface area (Å²) >= 11 is 0. The first-order chi connectivity index (χ1) is 13.3. The molecule has 1 aliphatic rings. The van der Waals surface area contributed by atoms with E-state index >= 15 is 0 Å². The van der Waals surface area contributed by atoms with E-state index in [2.05, 4.69) is 25.2 Å². The van der Waals surface area contributed by atoms with Gasteiger partial charge >= 0.3 is 0 Å². The first kappa shape index (κ1) is 17.6. The average molecular weight is 365 g/mol. The number of furan rings is 1. The third kappa shape index (κ3) is 4.32. The Morgan fingerprint density at radius 1 is 1.15 bits per heavy atom. The molecule has 1 atom stereocenters. The van der Waals surface area contributed by atoms with Crippen molar-refractivity contribution >= 4 is 5.95 Å². The molecular weight excluding hydrogens is 342 g/mol. The molecule has 4 heterocycles. The molecule has 3 aromatic rings. The molecule has 7 heteroatoms. The van der Waals surface area contributed by atoms with E-state index in [1.54, 1.807) is 18.6 Å². The number of aromatic nitrogens is 3. The number of hydrogen-bond donors (Lipinski definition) is 1. The van der Waals surface area contributed by atoms with Gasteiger partial charge in [0.1, 0.15) is 11.5 Å². The Kier molecular flexibility index (Phi) is 5.41. The third-order valence-corrected chi connectivity index (χ3v) is 4.64. The molecule has 0 aromatic carbocycles. The summed E-state index contributed by atoms with van der Waals surface area (Å²) in [5, 5.41) is 3.37. The van der Waals surface area contributed by atoms with Gasteiger partial charge in [0, 0.05) is 43.8 Å². The molecule has 27 heavy (non-hydrogen) atoms. The molecule has 1 saturated heterocycles. The topological polar surface area (TPSA) is 76.3 Å². The molecular formula is C20H23N5O2. The zero-order chi connectivity index (χ0) is 18.5. The third-order valence-electron chi connectivity index (χ3n) is 4.64. The smallest absolute Gasteiger partial charge is 0.223 e. The Hall–Kier alpha value is -2.77. The lowest BCUT2D eigenvalue weighted by molar-refractivity contribution is 0.0143. The van der Waals surface area contributed by atoms with E-state index in [0.29, 0.717) is 12.5 Å². The zero-order valence-electron chi connectivity index (χ0n) is 15.3. The predicted octanol–water partition coefficient (Wildman–Crippen LogP) is 2.93. The Labute approximate surface area is 158 Å². The zero-order valence-corrected chi connectivity index (χ0v) is 15.3. The molecule has 0 spiro atoms. The predicted molar refractivity (Wildman–Crippen MR) is 102 cm³/mol. The fourth-order valence-electron chi connectivity index (χ4n) is 3.24. The van der Waals surface area contributed by atoms with Gasteiger partial charge in [0.25, 0.3) is 0 Å². The second-order valence-corrected chi connectivity index (χ2v) is 6.50. The fourth-order valence-corrected chi connectivity index (χ4v) is 3.24. The van der Waals surface area contributed by atoms with E-state index < -0.39 is 0 Å². The monoisotopic (exact) mass is 365 g/mol. The Bertz CT molecular complexity index is 862. The van der Waals surface area contributed by atoms with Crippen LogP contribution >= 0.6 is 0 Å². The summed E-state index contributed by atoms with van der Waals surface area (Å²) in [5.74, 6) is 2.46. The van der Waals surface area contributed by atoms with Crippen LogP contribution < -0.4 is 5.32 Å². The minimum Gasteiger partial charge on any atom is -0.465 e. The summed E-state index contributed by atoms with van der Waals surface area (Å²) in [4.78, 5) is 15.5. The van der Waals surface area contributed by atoms with Crippen LogP contribution in [-0.4, -0.2) is 52.7 Å². The number of anilines is 1. The summed E-state index contributed by atoms with van der Waals surface area (Å²) in [6.45, 7) is 5.86. The number of aryl methyl sites for hydroxylation is 1. The molecule has 0 bridgehead atoms. The molecule has 1 N–H and O–H groups in total. The average Bonchev–Trinajstić information content (AvgIpc) is 3.16. The minimum atomic E-state index is 0.105. The molecule has 1 aliphatic heterocycles. The Balaban J connectivity index is 1.50. The Morgan fingerprint density at radius 2 is 2.04 bits per heavy atom. The lowest BCUT2D eigenvalue weighted by atomic mass is 10.1. The molecule has 140 valence electrons. The highest BCUT2D eigenvalue weighted by Gasteiger charge is 2.25. The van der Waals surface area contributed by atoms with Crippen molar-refractivity contribution in [3.05, 3.63) is 60.4 Å². The van der Waals surface area contributed by atoms with E-state index in [0.717, 1.165) is 49.1 Å². The number of morpholine rings is 1. The van der Waals surface area contributed by atoms with Gasteiger partial charge in [-0.1, -0.05) is 0 Å². The van der Waals surface area contributed by atoms with E-state index in [1.165, 1.54) is 0 Å². The van der Waals surface area contributed by atoms with E-state index in [1.807, 2.05) is 37.3 Å². The van der Waals surface area contributed by atoms with Crippen LogP contribution in [0.3, 0.4) is 0 Å². The van der Waals surface area contributed by atoms with Crippen molar-refractivity contribution in [1.82, 2.24) is 19.9 Å². The van der Waals surface area contributed by atoms with Gasteiger partial charge in [-0.2, -0.15) is 0 Å². The van der Waals surface area contributed by atoms with Gasteiger partial charge in [0.2, 0.25) is 5.95 Å². The Morgan fingerprint density at radius 3 is 2.78 bits per heavy atom. The van der Waals surface area contributed by atoms with Crippen molar-refractivity contribution in [2.75, 3.05) is 38.2 Å². The van der Waals surface area contributed by atoms with Gasteiger partial charge in [-0.15, -0.1) is 0 Å². The summed E-state index contributed by atoms with van der Waals surface area (Å²) in [6, 6.07) is 9.93. The summed E-state index contributed by atoms with van der Waals surface area (Å²) in [6.07, 6.45) is 5.31. The standard InChI is InChI=1S/C20H23N5O2/c1-15-4-5-19(27-15)18(25-9-11-26-12-10-25)14-23-20-22-8-6-17(24-20)16-3-2-7-21-13-16/h2-8,13,18H,9-12,14H2,1H3,(H,22,23,24)/t18-/m1/s1. The SMILES string of the molecule is Cc1ccc([C@@H](CNc2nccc(-c3cccnc3)n2)N2CCOCC2)o1. The number of nitrogens with zero attached hydrogens (tertiary/aromatic N) is 4. The molecule has 3 aromatic heterocycles. The number of ether oxygens (including phenoxy) is 1. The van der Waals surface area contributed by atoms with E-state index in [4.69, 9.17) is 9.15 Å². The molecule has 0 aliphatic carbocycles. The maximum Gasteiger partial charge on any atom is 0.223 e. The number of hydrogen-bond acceptors (Lipinski definition) is 7. The van der Waals surface area contributed by atoms with Crippen molar-refractivity contribution in [2.45, 2.75) is 13.0 Å². The van der Waals surface area contributed by atoms with Crippen LogP contribution in [0.5, 0.6) is 0 Å².